The van der Waals surface area contributed by atoms with Gasteiger partial charge in [-0.05, 0) is 110 Å². The molecule has 5 aromatic carbocycles. The zero-order valence-corrected chi connectivity index (χ0v) is 54.9. The second-order valence-corrected chi connectivity index (χ2v) is 30.3. The summed E-state index contributed by atoms with van der Waals surface area (Å²) >= 11 is 2.11. The van der Waals surface area contributed by atoms with E-state index < -0.39 is 127 Å². The number of nitrogen functional groups attached to an aromatic ring is 1. The van der Waals surface area contributed by atoms with Crippen LogP contribution in [-0.2, 0) is 71.3 Å². The predicted octanol–water partition coefficient (Wildman–Crippen LogP) is 7.90. The van der Waals surface area contributed by atoms with Crippen molar-refractivity contribution in [2.75, 3.05) is 69.4 Å². The van der Waals surface area contributed by atoms with Crippen LogP contribution in [0, 0.1) is 24.0 Å². The second kappa shape index (κ2) is 32.8. The van der Waals surface area contributed by atoms with Crippen molar-refractivity contribution in [1.82, 2.24) is 15.0 Å². The van der Waals surface area contributed by atoms with Gasteiger partial charge in [0, 0.05) is 40.2 Å². The van der Waals surface area contributed by atoms with Crippen molar-refractivity contribution in [2.24, 2.45) is 30.7 Å². The monoisotopic (exact) mass is 1470 g/mol. The molecular weight excluding hydrogens is 1420 g/mol. The Bertz CT molecular complexity index is 4720. The highest BCUT2D eigenvalue weighted by Crippen LogP contribution is 2.43. The van der Waals surface area contributed by atoms with Gasteiger partial charge in [-0.25, -0.2) is 0 Å². The van der Waals surface area contributed by atoms with E-state index in [9.17, 15) is 87.9 Å². The third-order valence-corrected chi connectivity index (χ3v) is 18.4. The van der Waals surface area contributed by atoms with Gasteiger partial charge in [-0.15, -0.1) is 56.6 Å². The Morgan fingerprint density at radius 1 is 0.559 bits per heavy atom. The summed E-state index contributed by atoms with van der Waals surface area (Å²) in [4.78, 5) is 22.4. The first-order valence-electron chi connectivity index (χ1n) is 25.4. The molecule has 0 saturated heterocycles. The first kappa shape index (κ1) is 75.8. The minimum absolute atomic E-state index is 0.0286. The van der Waals surface area contributed by atoms with Gasteiger partial charge in [-0.1, -0.05) is 6.07 Å². The maximum absolute atomic E-state index is 12.2. The van der Waals surface area contributed by atoms with E-state index in [1.807, 2.05) is 0 Å². The number of hydrogen-bond acceptors (Lipinski definition) is 33. The normalized spacial score (nSPS) is 12.4. The third kappa shape index (κ3) is 26.9. The summed E-state index contributed by atoms with van der Waals surface area (Å²) in [7, 11) is -30.5. The van der Waals surface area contributed by atoms with Crippen molar-refractivity contribution in [3.63, 3.8) is 0 Å². The lowest BCUT2D eigenvalue weighted by atomic mass is 10.2. The van der Waals surface area contributed by atoms with Gasteiger partial charge >= 0.3 is 10.6 Å². The number of ether oxygens (including phenoxy) is 1. The van der Waals surface area contributed by atoms with Gasteiger partial charge in [0.25, 0.3) is 66.4 Å². The van der Waals surface area contributed by atoms with E-state index in [2.05, 4.69) is 61.6 Å². The molecule has 0 saturated carbocycles. The van der Waals surface area contributed by atoms with Crippen molar-refractivity contribution < 1.29 is 100 Å². The minimum atomic E-state index is -5.04. The SMILES string of the molecule is Cc1cc(N=Nc2cc(OCCCS(=O)(=O)O)c(N)cc2Nc2nc(NCCS(=O)(=O)O)nc(Nc3cccc(S(=O)(=O)O)c3)n2)c(SCCCS(=O)(=O)O)cc1N=Nc1cc(C)c(N=Nc2ccc([N+](=O)[O-])cc2S(=O)(=O)O)cc1SCCCS(=O)(=O)O.O=S(=O)=O. The van der Waals surface area contributed by atoms with Crippen LogP contribution in [0.2, 0.25) is 0 Å². The molecule has 0 fully saturated rings. The van der Waals surface area contributed by atoms with Gasteiger partial charge < -0.3 is 26.4 Å². The maximum atomic E-state index is 12.2. The van der Waals surface area contributed by atoms with Crippen LogP contribution in [0.5, 0.6) is 5.75 Å². The fourth-order valence-corrected chi connectivity index (χ4v) is 12.5. The van der Waals surface area contributed by atoms with Gasteiger partial charge in [0.2, 0.25) is 17.8 Å². The van der Waals surface area contributed by atoms with Crippen molar-refractivity contribution in [3.8, 4) is 5.75 Å². The number of nitro benzene ring substituents is 1. The van der Waals surface area contributed by atoms with Crippen LogP contribution in [0.3, 0.4) is 0 Å². The van der Waals surface area contributed by atoms with Crippen molar-refractivity contribution in [3.05, 3.63) is 100 Å². The summed E-state index contributed by atoms with van der Waals surface area (Å²) in [6.45, 7) is 2.45. The van der Waals surface area contributed by atoms with Crippen LogP contribution in [0.15, 0.2) is 129 Å². The third-order valence-electron chi connectivity index (χ3n) is 11.2. The minimum Gasteiger partial charge on any atom is -0.491 e. The summed E-state index contributed by atoms with van der Waals surface area (Å²) in [6, 6.07) is 15.9. The molecule has 0 aliphatic rings. The molecule has 0 spiro atoms. The lowest BCUT2D eigenvalue weighted by molar-refractivity contribution is -0.385. The van der Waals surface area contributed by atoms with Crippen LogP contribution >= 0.6 is 23.5 Å². The molecule has 0 radical (unpaired) electrons. The Kier molecular flexibility index (Phi) is 26.7. The number of benzene rings is 5. The average molecular weight is 1470 g/mol. The molecule has 6 aromatic rings. The number of hydrogen-bond donors (Lipinski definition) is 10. The lowest BCUT2D eigenvalue weighted by Crippen LogP contribution is -2.17. The Balaban J connectivity index is 0.00000380. The highest BCUT2D eigenvalue weighted by Gasteiger charge is 2.22. The van der Waals surface area contributed by atoms with E-state index in [1.54, 1.807) is 13.8 Å². The number of nitrogens with one attached hydrogen (secondary N) is 3. The number of thioether (sulfide) groups is 2. The quantitative estimate of drug-likeness (QED) is 0.00365. The van der Waals surface area contributed by atoms with E-state index in [0.29, 0.717) is 27.0 Å². The smallest absolute Gasteiger partial charge is 0.425 e. The van der Waals surface area contributed by atoms with E-state index in [1.165, 1.54) is 48.5 Å². The number of azo groups is 3. The molecule has 0 atom stereocenters. The molecule has 0 bridgehead atoms. The van der Waals surface area contributed by atoms with Crippen LogP contribution in [0.25, 0.3) is 0 Å². The largest absolute Gasteiger partial charge is 0.491 e. The zero-order chi connectivity index (χ0) is 69.3. The molecule has 93 heavy (non-hydrogen) atoms. The standard InChI is InChI=1S/C46H52N14O21S8.O3S/c1-27-19-38(41(82-13-5-16-85(66,67)68)25-34(27)55-54-33-10-9-30(60(61)62)22-43(33)89(78,79)80)58-56-35-26-42(83-14-6-17-86(69,70)71)39(20-28(35)2)59-57-37-24-40(81-12-4-15-84(63,64)65)32(47)23-36(37)50-46-52-44(48-11-18-87(72,73)74)51-45(53-46)49-29-7-3-8-31(21-29)88(75,76)77;1-4(2)3/h3,7-10,19-26H,4-6,11-18,47H2,1-2H3,(H,63,64,65)(H,66,67,68)(H,69,70,71)(H,72,73,74)(H,75,76,77)(H,78,79,80)(H3,48,49,50,51,52,53);. The fourth-order valence-electron chi connectivity index (χ4n) is 7.16. The molecule has 11 N–H and O–H groups in total. The summed E-state index contributed by atoms with van der Waals surface area (Å²) in [5, 5.41) is 45.6. The van der Waals surface area contributed by atoms with E-state index in [4.69, 9.17) is 23.1 Å². The highest BCUT2D eigenvalue weighted by atomic mass is 32.2. The first-order valence-corrected chi connectivity index (χ1v) is 37.7. The average Bonchev–Trinajstić information content (AvgIpc) is 0.886. The first-order chi connectivity index (χ1) is 43.1. The number of anilines is 6. The Labute approximate surface area is 539 Å². The second-order valence-electron chi connectivity index (χ2n) is 18.5. The summed E-state index contributed by atoms with van der Waals surface area (Å²) in [5.41, 5.74) is 6.43. The van der Waals surface area contributed by atoms with E-state index in [-0.39, 0.29) is 106 Å². The summed E-state index contributed by atoms with van der Waals surface area (Å²) < 4.78 is 229. The molecule has 6 rings (SSSR count). The number of rotatable bonds is 32. The molecular formula is C46H52N14O24S9. The van der Waals surface area contributed by atoms with Crippen molar-refractivity contribution in [2.45, 2.75) is 52.7 Å². The topological polar surface area (TPSA) is 605 Å². The molecule has 504 valence electrons. The highest BCUT2D eigenvalue weighted by molar-refractivity contribution is 7.99. The van der Waals surface area contributed by atoms with Gasteiger partial charge in [0.1, 0.15) is 22.0 Å². The zero-order valence-electron chi connectivity index (χ0n) is 47.5. The van der Waals surface area contributed by atoms with Crippen LogP contribution < -0.4 is 26.4 Å². The number of nitrogens with zero attached hydrogens (tertiary/aromatic N) is 10. The van der Waals surface area contributed by atoms with Crippen LogP contribution in [0.1, 0.15) is 30.4 Å². The Morgan fingerprint density at radius 3 is 1.53 bits per heavy atom. The molecule has 1 aromatic heterocycles. The molecule has 0 aliphatic carbocycles. The Hall–Kier alpha value is -7.91. The van der Waals surface area contributed by atoms with Gasteiger partial charge in [0.05, 0.1) is 73.6 Å². The maximum Gasteiger partial charge on any atom is 0.425 e. The van der Waals surface area contributed by atoms with E-state index in [0.717, 1.165) is 47.8 Å². The molecule has 0 amide bonds. The Morgan fingerprint density at radius 2 is 1.03 bits per heavy atom. The molecule has 47 heteroatoms. The predicted molar refractivity (Wildman–Crippen MR) is 336 cm³/mol. The summed E-state index contributed by atoms with van der Waals surface area (Å²) in [5.74, 6) is -3.58. The van der Waals surface area contributed by atoms with Crippen LogP contribution in [-0.4, -0.2) is 158 Å². The molecule has 1 heterocycles. The van der Waals surface area contributed by atoms with Crippen molar-refractivity contribution in [1.29, 1.82) is 0 Å². The van der Waals surface area contributed by atoms with Gasteiger partial charge in [0.15, 0.2) is 0 Å². The number of aryl methyl sites for hydroxylation is 2. The number of nitrogens with two attached hydrogens (primary N) is 1. The molecule has 0 aliphatic heterocycles. The number of aromatic nitrogens is 3. The summed E-state index contributed by atoms with van der Waals surface area (Å²) in [6.07, 6.45) is -0.313. The van der Waals surface area contributed by atoms with Gasteiger partial charge in [-0.2, -0.15) is 75.7 Å². The fraction of sp³-hybridized carbons (Fsp3) is 0.283. The van der Waals surface area contributed by atoms with Gasteiger partial charge in [-0.3, -0.25) is 37.4 Å². The lowest BCUT2D eigenvalue weighted by Gasteiger charge is -2.15. The van der Waals surface area contributed by atoms with Crippen molar-refractivity contribution >= 4 is 170 Å². The number of non-ortho nitro benzene ring substituents is 1. The molecule has 0 unspecified atom stereocenters. The van der Waals surface area contributed by atoms with Crippen LogP contribution in [0.4, 0.5) is 74.7 Å². The van der Waals surface area contributed by atoms with E-state index >= 15 is 0 Å². The number of nitro groups is 1. The molecule has 38 nitrogen and oxygen atoms in total.